The van der Waals surface area contributed by atoms with Gasteiger partial charge in [0, 0.05) is 18.6 Å². The molecule has 0 bridgehead atoms. The number of rotatable bonds is 5. The van der Waals surface area contributed by atoms with Crippen LogP contribution in [0.2, 0.25) is 0 Å². The van der Waals surface area contributed by atoms with Gasteiger partial charge in [-0.2, -0.15) is 0 Å². The highest BCUT2D eigenvalue weighted by Crippen LogP contribution is 2.40. The fourth-order valence-electron chi connectivity index (χ4n) is 3.06. The summed E-state index contributed by atoms with van der Waals surface area (Å²) >= 11 is 0. The summed E-state index contributed by atoms with van der Waals surface area (Å²) in [5.74, 6) is -0.207. The van der Waals surface area contributed by atoms with Gasteiger partial charge in [0.1, 0.15) is 0 Å². The molecule has 0 aliphatic heterocycles. The van der Waals surface area contributed by atoms with Crippen LogP contribution >= 0.6 is 0 Å². The van der Waals surface area contributed by atoms with E-state index in [1.807, 2.05) is 20.8 Å². The Hall–Kier alpha value is -1.10. The molecule has 5 heteroatoms. The second kappa shape index (κ2) is 6.77. The van der Waals surface area contributed by atoms with Crippen molar-refractivity contribution in [2.24, 2.45) is 17.1 Å². The first-order valence-corrected chi connectivity index (χ1v) is 7.86. The van der Waals surface area contributed by atoms with Crippen molar-refractivity contribution in [3.8, 4) is 0 Å². The number of nitrogens with two attached hydrogens (primary N) is 1. The molecule has 1 saturated carbocycles. The van der Waals surface area contributed by atoms with Gasteiger partial charge in [-0.15, -0.1) is 0 Å². The molecular weight excluding hydrogens is 268 g/mol. The van der Waals surface area contributed by atoms with Crippen LogP contribution in [0.5, 0.6) is 0 Å². The third kappa shape index (κ3) is 4.43. The van der Waals surface area contributed by atoms with Crippen molar-refractivity contribution in [1.82, 2.24) is 4.90 Å². The molecule has 0 atom stereocenters. The second-order valence-electron chi connectivity index (χ2n) is 7.44. The summed E-state index contributed by atoms with van der Waals surface area (Å²) in [6.45, 7) is 8.64. The third-order valence-electron chi connectivity index (χ3n) is 4.68. The Kier molecular flexibility index (Phi) is 5.79. The van der Waals surface area contributed by atoms with Crippen molar-refractivity contribution >= 4 is 11.9 Å². The zero-order valence-electron chi connectivity index (χ0n) is 13.8. The summed E-state index contributed by atoms with van der Waals surface area (Å²) < 4.78 is 0. The smallest absolute Gasteiger partial charge is 0.305 e. The highest BCUT2D eigenvalue weighted by atomic mass is 16.4. The molecule has 0 aromatic heterocycles. The minimum Gasteiger partial charge on any atom is -0.481 e. The van der Waals surface area contributed by atoms with Gasteiger partial charge in [0.15, 0.2) is 0 Å². The van der Waals surface area contributed by atoms with Gasteiger partial charge in [-0.1, -0.05) is 6.92 Å². The number of carbonyl (C=O) groups is 2. The van der Waals surface area contributed by atoms with Gasteiger partial charge in [-0.25, -0.2) is 0 Å². The van der Waals surface area contributed by atoms with E-state index in [0.717, 1.165) is 25.7 Å². The molecule has 1 fully saturated rings. The van der Waals surface area contributed by atoms with Gasteiger partial charge in [-0.05, 0) is 52.4 Å². The van der Waals surface area contributed by atoms with E-state index >= 15 is 0 Å². The monoisotopic (exact) mass is 298 g/mol. The molecule has 0 radical (unpaired) electrons. The van der Waals surface area contributed by atoms with E-state index < -0.39 is 16.9 Å². The predicted molar refractivity (Wildman–Crippen MR) is 82.8 cm³/mol. The van der Waals surface area contributed by atoms with Gasteiger partial charge in [0.25, 0.3) is 0 Å². The van der Waals surface area contributed by atoms with Crippen LogP contribution in [-0.4, -0.2) is 40.5 Å². The molecule has 0 aromatic carbocycles. The average Bonchev–Trinajstić information content (AvgIpc) is 2.38. The van der Waals surface area contributed by atoms with Crippen LogP contribution in [0.4, 0.5) is 0 Å². The summed E-state index contributed by atoms with van der Waals surface area (Å²) in [7, 11) is 0. The molecular formula is C16H30N2O3. The lowest BCUT2D eigenvalue weighted by Gasteiger charge is -2.45. The van der Waals surface area contributed by atoms with Crippen LogP contribution in [0, 0.1) is 11.3 Å². The highest BCUT2D eigenvalue weighted by Gasteiger charge is 2.44. The molecule has 21 heavy (non-hydrogen) atoms. The molecule has 0 unspecified atom stereocenters. The summed E-state index contributed by atoms with van der Waals surface area (Å²) in [6, 6.07) is 0. The number of carboxylic acid groups (broad SMARTS) is 1. The summed E-state index contributed by atoms with van der Waals surface area (Å²) in [5, 5.41) is 8.91. The van der Waals surface area contributed by atoms with Crippen molar-refractivity contribution < 1.29 is 14.7 Å². The molecule has 5 nitrogen and oxygen atoms in total. The van der Waals surface area contributed by atoms with E-state index in [2.05, 4.69) is 6.92 Å². The molecule has 1 rings (SSSR count). The molecule has 1 aliphatic rings. The number of amides is 1. The van der Waals surface area contributed by atoms with Gasteiger partial charge in [-0.3, -0.25) is 9.59 Å². The van der Waals surface area contributed by atoms with Crippen LogP contribution in [0.25, 0.3) is 0 Å². The van der Waals surface area contributed by atoms with Crippen LogP contribution in [-0.2, 0) is 9.59 Å². The van der Waals surface area contributed by atoms with E-state index in [0.29, 0.717) is 12.5 Å². The Morgan fingerprint density at radius 1 is 1.29 bits per heavy atom. The number of nitrogens with zero attached hydrogens (tertiary/aromatic N) is 1. The minimum atomic E-state index is -0.879. The van der Waals surface area contributed by atoms with Crippen LogP contribution in [0.15, 0.2) is 0 Å². The Morgan fingerprint density at radius 2 is 1.81 bits per heavy atom. The molecule has 0 saturated heterocycles. The van der Waals surface area contributed by atoms with Crippen molar-refractivity contribution in [1.29, 1.82) is 0 Å². The van der Waals surface area contributed by atoms with Crippen molar-refractivity contribution in [3.63, 3.8) is 0 Å². The summed E-state index contributed by atoms with van der Waals surface area (Å²) in [6.07, 6.45) is 3.62. The quantitative estimate of drug-likeness (QED) is 0.815. The lowest BCUT2D eigenvalue weighted by atomic mass is 9.69. The van der Waals surface area contributed by atoms with Gasteiger partial charge < -0.3 is 15.7 Å². The second-order valence-corrected chi connectivity index (χ2v) is 7.44. The van der Waals surface area contributed by atoms with Gasteiger partial charge in [0.05, 0.1) is 11.8 Å². The molecule has 1 aliphatic carbocycles. The first-order valence-electron chi connectivity index (χ1n) is 7.86. The third-order valence-corrected chi connectivity index (χ3v) is 4.68. The maximum Gasteiger partial charge on any atom is 0.305 e. The van der Waals surface area contributed by atoms with E-state index in [-0.39, 0.29) is 18.9 Å². The average molecular weight is 298 g/mol. The number of carbonyl (C=O) groups excluding carboxylic acids is 1. The largest absolute Gasteiger partial charge is 0.481 e. The fourth-order valence-corrected chi connectivity index (χ4v) is 3.06. The number of hydrogen-bond acceptors (Lipinski definition) is 3. The van der Waals surface area contributed by atoms with E-state index in [1.165, 1.54) is 0 Å². The molecule has 0 heterocycles. The lowest BCUT2D eigenvalue weighted by molar-refractivity contribution is -0.150. The van der Waals surface area contributed by atoms with Gasteiger partial charge >= 0.3 is 5.97 Å². The van der Waals surface area contributed by atoms with Crippen LogP contribution < -0.4 is 5.73 Å². The Balaban J connectivity index is 2.94. The first kappa shape index (κ1) is 18.0. The number of carboxylic acids is 1. The zero-order chi connectivity index (χ0) is 16.3. The fraction of sp³-hybridized carbons (Fsp3) is 0.875. The molecule has 3 N–H and O–H groups in total. The summed E-state index contributed by atoms with van der Waals surface area (Å²) in [4.78, 5) is 25.6. The van der Waals surface area contributed by atoms with Crippen LogP contribution in [0.1, 0.15) is 59.8 Å². The van der Waals surface area contributed by atoms with Crippen molar-refractivity contribution in [2.45, 2.75) is 65.3 Å². The SMILES string of the molecule is CC1CCC(CN)(C(=O)N(CCC(=O)O)C(C)(C)C)CC1. The van der Waals surface area contributed by atoms with Crippen molar-refractivity contribution in [2.75, 3.05) is 13.1 Å². The molecule has 0 aromatic rings. The first-order chi connectivity index (χ1) is 9.62. The molecule has 1 amide bonds. The maximum atomic E-state index is 13.1. The minimum absolute atomic E-state index is 0.0277. The Bertz CT molecular complexity index is 379. The van der Waals surface area contributed by atoms with E-state index in [4.69, 9.17) is 10.8 Å². The summed E-state index contributed by atoms with van der Waals surface area (Å²) in [5.41, 5.74) is 5.07. The normalized spacial score (nSPS) is 26.4. The number of hydrogen-bond donors (Lipinski definition) is 2. The van der Waals surface area contributed by atoms with Crippen LogP contribution in [0.3, 0.4) is 0 Å². The van der Waals surface area contributed by atoms with E-state index in [1.54, 1.807) is 4.90 Å². The van der Waals surface area contributed by atoms with Gasteiger partial charge in [0.2, 0.25) is 5.91 Å². The molecule has 0 spiro atoms. The standard InChI is InChI=1S/C16H30N2O3/c1-12-5-8-16(11-17,9-6-12)14(21)18(15(2,3)4)10-7-13(19)20/h12H,5-11,17H2,1-4H3,(H,19,20). The van der Waals surface area contributed by atoms with E-state index in [9.17, 15) is 9.59 Å². The Labute approximate surface area is 127 Å². The molecule has 122 valence electrons. The lowest BCUT2D eigenvalue weighted by Crippen LogP contribution is -2.56. The highest BCUT2D eigenvalue weighted by molar-refractivity contribution is 5.84. The topological polar surface area (TPSA) is 83.6 Å². The Morgan fingerprint density at radius 3 is 2.19 bits per heavy atom. The van der Waals surface area contributed by atoms with Crippen molar-refractivity contribution in [3.05, 3.63) is 0 Å². The predicted octanol–water partition coefficient (Wildman–Crippen LogP) is 2.24. The zero-order valence-corrected chi connectivity index (χ0v) is 13.8. The maximum absolute atomic E-state index is 13.1. The number of aliphatic carboxylic acids is 1.